The molecule has 0 saturated carbocycles. The van der Waals surface area contributed by atoms with Crippen molar-refractivity contribution in [2.75, 3.05) is 13.1 Å². The molecule has 0 aromatic carbocycles. The molecule has 0 aliphatic carbocycles. The molecule has 0 radical (unpaired) electrons. The van der Waals surface area contributed by atoms with E-state index in [1.54, 1.807) is 18.6 Å². The Balaban J connectivity index is 1.89. The van der Waals surface area contributed by atoms with Crippen LogP contribution >= 0.6 is 0 Å². The van der Waals surface area contributed by atoms with E-state index in [2.05, 4.69) is 19.9 Å². The van der Waals surface area contributed by atoms with Crippen LogP contribution in [0.3, 0.4) is 0 Å². The molecule has 0 bridgehead atoms. The van der Waals surface area contributed by atoms with Crippen LogP contribution in [0.25, 0.3) is 11.3 Å². The smallest absolute Gasteiger partial charge is 0.274 e. The predicted molar refractivity (Wildman–Crippen MR) is 68.2 cm³/mol. The van der Waals surface area contributed by atoms with Crippen molar-refractivity contribution in [1.82, 2.24) is 24.8 Å². The van der Waals surface area contributed by atoms with Crippen LogP contribution in [0, 0.1) is 0 Å². The van der Waals surface area contributed by atoms with Gasteiger partial charge in [-0.3, -0.25) is 9.78 Å². The van der Waals surface area contributed by atoms with Gasteiger partial charge in [0, 0.05) is 31.0 Å². The molecule has 6 nitrogen and oxygen atoms in total. The van der Waals surface area contributed by atoms with E-state index in [4.69, 9.17) is 0 Å². The summed E-state index contributed by atoms with van der Waals surface area (Å²) in [6.45, 7) is 1.61. The van der Waals surface area contributed by atoms with Gasteiger partial charge in [0.15, 0.2) is 0 Å². The van der Waals surface area contributed by atoms with Crippen LogP contribution in [0.5, 0.6) is 0 Å². The fourth-order valence-electron chi connectivity index (χ4n) is 2.12. The Kier molecular flexibility index (Phi) is 3.14. The van der Waals surface area contributed by atoms with Crippen molar-refractivity contribution < 1.29 is 4.79 Å². The van der Waals surface area contributed by atoms with E-state index in [1.807, 2.05) is 4.90 Å². The Labute approximate surface area is 110 Å². The van der Waals surface area contributed by atoms with Gasteiger partial charge < -0.3 is 4.90 Å². The highest BCUT2D eigenvalue weighted by Gasteiger charge is 2.21. The molecule has 0 unspecified atom stereocenters. The van der Waals surface area contributed by atoms with E-state index in [9.17, 15) is 4.79 Å². The fraction of sp³-hybridized carbons (Fsp3) is 0.308. The van der Waals surface area contributed by atoms with Gasteiger partial charge in [-0.25, -0.2) is 15.0 Å². The van der Waals surface area contributed by atoms with Gasteiger partial charge in [-0.2, -0.15) is 0 Å². The van der Waals surface area contributed by atoms with Crippen LogP contribution in [0.2, 0.25) is 0 Å². The molecule has 2 aromatic heterocycles. The molecule has 1 amide bonds. The fourth-order valence-corrected chi connectivity index (χ4v) is 2.12. The maximum Gasteiger partial charge on any atom is 0.274 e. The summed E-state index contributed by atoms with van der Waals surface area (Å²) < 4.78 is 0. The maximum absolute atomic E-state index is 12.2. The molecule has 6 heteroatoms. The molecule has 0 N–H and O–H groups in total. The first-order chi connectivity index (χ1) is 9.34. The van der Waals surface area contributed by atoms with Crippen LogP contribution in [-0.2, 0) is 0 Å². The van der Waals surface area contributed by atoms with Crippen molar-refractivity contribution in [1.29, 1.82) is 0 Å². The second kappa shape index (κ2) is 5.09. The number of likely N-dealkylation sites (tertiary alicyclic amines) is 1. The summed E-state index contributed by atoms with van der Waals surface area (Å²) in [5.74, 6) is -0.0521. The zero-order chi connectivity index (χ0) is 13.1. The lowest BCUT2D eigenvalue weighted by Crippen LogP contribution is -2.28. The van der Waals surface area contributed by atoms with Crippen molar-refractivity contribution in [3.8, 4) is 11.3 Å². The molecule has 1 saturated heterocycles. The standard InChI is InChI=1S/C13H13N5O/c19-13(18-3-1-2-4-18)12-8-14-7-11(17-12)10-5-15-9-16-6-10/h5-9H,1-4H2. The minimum Gasteiger partial charge on any atom is -0.337 e. The Morgan fingerprint density at radius 3 is 2.47 bits per heavy atom. The van der Waals surface area contributed by atoms with Gasteiger partial charge in [-0.1, -0.05) is 0 Å². The van der Waals surface area contributed by atoms with Gasteiger partial charge in [0.05, 0.1) is 18.1 Å². The first kappa shape index (κ1) is 11.7. The predicted octanol–water partition coefficient (Wildman–Crippen LogP) is 1.17. The average Bonchev–Trinajstić information content (AvgIpc) is 3.02. The minimum absolute atomic E-state index is 0.0521. The van der Waals surface area contributed by atoms with Crippen molar-refractivity contribution in [3.63, 3.8) is 0 Å². The van der Waals surface area contributed by atoms with E-state index >= 15 is 0 Å². The number of aromatic nitrogens is 4. The highest BCUT2D eigenvalue weighted by atomic mass is 16.2. The normalized spacial score (nSPS) is 14.6. The summed E-state index contributed by atoms with van der Waals surface area (Å²) in [6, 6.07) is 0. The Bertz CT molecular complexity index is 581. The van der Waals surface area contributed by atoms with Crippen molar-refractivity contribution in [3.05, 3.63) is 36.8 Å². The lowest BCUT2D eigenvalue weighted by molar-refractivity contribution is 0.0786. The van der Waals surface area contributed by atoms with Gasteiger partial charge in [0.2, 0.25) is 0 Å². The summed E-state index contributed by atoms with van der Waals surface area (Å²) in [6.07, 6.45) is 10.0. The highest BCUT2D eigenvalue weighted by molar-refractivity contribution is 5.92. The number of hydrogen-bond acceptors (Lipinski definition) is 5. The summed E-state index contributed by atoms with van der Waals surface area (Å²) in [5.41, 5.74) is 1.75. The Morgan fingerprint density at radius 1 is 1.00 bits per heavy atom. The molecular weight excluding hydrogens is 242 g/mol. The van der Waals surface area contributed by atoms with Crippen LogP contribution < -0.4 is 0 Å². The molecule has 1 aliphatic rings. The van der Waals surface area contributed by atoms with Gasteiger partial charge >= 0.3 is 0 Å². The van der Waals surface area contributed by atoms with Crippen molar-refractivity contribution in [2.24, 2.45) is 0 Å². The molecule has 2 aromatic rings. The molecule has 3 rings (SSSR count). The zero-order valence-corrected chi connectivity index (χ0v) is 10.4. The van der Waals surface area contributed by atoms with Crippen LogP contribution in [0.4, 0.5) is 0 Å². The SMILES string of the molecule is O=C(c1cncc(-c2cncnc2)n1)N1CCCC1. The molecular formula is C13H13N5O. The third-order valence-electron chi connectivity index (χ3n) is 3.10. The quantitative estimate of drug-likeness (QED) is 0.805. The number of carbonyl (C=O) groups is 1. The Hall–Kier alpha value is -2.37. The van der Waals surface area contributed by atoms with E-state index < -0.39 is 0 Å². The summed E-state index contributed by atoms with van der Waals surface area (Å²) in [5, 5.41) is 0. The third kappa shape index (κ3) is 2.42. The number of hydrogen-bond donors (Lipinski definition) is 0. The van der Waals surface area contributed by atoms with E-state index in [1.165, 1.54) is 12.5 Å². The molecule has 96 valence electrons. The summed E-state index contributed by atoms with van der Waals surface area (Å²) >= 11 is 0. The maximum atomic E-state index is 12.2. The number of carbonyl (C=O) groups excluding carboxylic acids is 1. The summed E-state index contributed by atoms with van der Waals surface area (Å²) in [4.78, 5) is 30.4. The topological polar surface area (TPSA) is 71.9 Å². The number of nitrogens with zero attached hydrogens (tertiary/aromatic N) is 5. The first-order valence-corrected chi connectivity index (χ1v) is 6.21. The molecule has 1 fully saturated rings. The van der Waals surface area contributed by atoms with Crippen LogP contribution in [0.1, 0.15) is 23.3 Å². The van der Waals surface area contributed by atoms with Crippen LogP contribution in [-0.4, -0.2) is 43.8 Å². The van der Waals surface area contributed by atoms with Gasteiger partial charge in [-0.05, 0) is 12.8 Å². The van der Waals surface area contributed by atoms with Gasteiger partial charge in [0.25, 0.3) is 5.91 Å². The second-order valence-corrected chi connectivity index (χ2v) is 4.42. The number of amides is 1. The van der Waals surface area contributed by atoms with E-state index in [0.717, 1.165) is 31.5 Å². The molecule has 3 heterocycles. The second-order valence-electron chi connectivity index (χ2n) is 4.42. The zero-order valence-electron chi connectivity index (χ0n) is 10.4. The van der Waals surface area contributed by atoms with Crippen LogP contribution in [0.15, 0.2) is 31.1 Å². The molecule has 0 spiro atoms. The summed E-state index contributed by atoms with van der Waals surface area (Å²) in [7, 11) is 0. The monoisotopic (exact) mass is 255 g/mol. The molecule has 1 aliphatic heterocycles. The third-order valence-corrected chi connectivity index (χ3v) is 3.10. The largest absolute Gasteiger partial charge is 0.337 e. The molecule has 19 heavy (non-hydrogen) atoms. The van der Waals surface area contributed by atoms with Gasteiger partial charge in [0.1, 0.15) is 12.0 Å². The first-order valence-electron chi connectivity index (χ1n) is 6.21. The average molecular weight is 255 g/mol. The lowest BCUT2D eigenvalue weighted by atomic mass is 10.2. The molecule has 0 atom stereocenters. The lowest BCUT2D eigenvalue weighted by Gasteiger charge is -2.14. The van der Waals surface area contributed by atoms with E-state index in [-0.39, 0.29) is 5.91 Å². The minimum atomic E-state index is -0.0521. The van der Waals surface area contributed by atoms with Gasteiger partial charge in [-0.15, -0.1) is 0 Å². The van der Waals surface area contributed by atoms with Crippen molar-refractivity contribution >= 4 is 5.91 Å². The Morgan fingerprint density at radius 2 is 1.74 bits per heavy atom. The van der Waals surface area contributed by atoms with E-state index in [0.29, 0.717) is 11.4 Å². The highest BCUT2D eigenvalue weighted by Crippen LogP contribution is 2.15. The van der Waals surface area contributed by atoms with Crippen molar-refractivity contribution in [2.45, 2.75) is 12.8 Å². The number of rotatable bonds is 2.